The number of carbonyl (C=O) groups excluding carboxylic acids is 2. The molecule has 0 unspecified atom stereocenters. The third-order valence-corrected chi connectivity index (χ3v) is 6.45. The summed E-state index contributed by atoms with van der Waals surface area (Å²) in [6.07, 6.45) is 6.11. The lowest BCUT2D eigenvalue weighted by Gasteiger charge is -2.44. The van der Waals surface area contributed by atoms with Gasteiger partial charge in [-0.25, -0.2) is 4.79 Å². The molecule has 1 spiro atoms. The Labute approximate surface area is 189 Å². The second kappa shape index (κ2) is 9.57. The largest absolute Gasteiger partial charge is 0.486 e. The first-order valence-corrected chi connectivity index (χ1v) is 11.1. The van der Waals surface area contributed by atoms with E-state index in [1.807, 2.05) is 19.2 Å². The molecule has 0 saturated carbocycles. The Bertz CT molecular complexity index is 1000. The summed E-state index contributed by atoms with van der Waals surface area (Å²) in [5, 5.41) is 3.15. The molecule has 1 N–H and O–H groups in total. The maximum atomic E-state index is 12.9. The number of hydrogen-bond donors (Lipinski definition) is 1. The number of hydrogen-bond acceptors (Lipinski definition) is 6. The van der Waals surface area contributed by atoms with E-state index < -0.39 is 11.6 Å². The zero-order valence-electron chi connectivity index (χ0n) is 18.7. The molecular weight excluding hydrogens is 404 g/mol. The number of nitrogens with one attached hydrogen (secondary N) is 1. The van der Waals surface area contributed by atoms with Crippen LogP contribution in [0.2, 0.25) is 0 Å². The van der Waals surface area contributed by atoms with Crippen molar-refractivity contribution in [3.8, 4) is 5.75 Å². The van der Waals surface area contributed by atoms with Gasteiger partial charge < -0.3 is 19.7 Å². The third-order valence-electron chi connectivity index (χ3n) is 6.45. The number of nitrogens with zero attached hydrogens (tertiary/aromatic N) is 1. The van der Waals surface area contributed by atoms with Gasteiger partial charge in [-0.15, -0.1) is 0 Å². The molecule has 2 aliphatic heterocycles. The van der Waals surface area contributed by atoms with E-state index in [1.54, 1.807) is 12.1 Å². The number of likely N-dealkylation sites (tertiary alicyclic amines) is 1. The number of ether oxygens (including phenoxy) is 2. The number of esters is 1. The van der Waals surface area contributed by atoms with Gasteiger partial charge in [0.15, 0.2) is 5.78 Å². The van der Waals surface area contributed by atoms with Crippen molar-refractivity contribution in [2.45, 2.75) is 31.3 Å². The molecule has 2 heterocycles. The van der Waals surface area contributed by atoms with Gasteiger partial charge >= 0.3 is 5.97 Å². The van der Waals surface area contributed by atoms with Gasteiger partial charge in [-0.05, 0) is 47.9 Å². The van der Waals surface area contributed by atoms with Crippen molar-refractivity contribution in [2.75, 3.05) is 39.1 Å². The van der Waals surface area contributed by atoms with Gasteiger partial charge in [0.1, 0.15) is 11.4 Å². The van der Waals surface area contributed by atoms with E-state index in [1.165, 1.54) is 18.7 Å². The molecule has 0 atom stereocenters. The second-order valence-electron chi connectivity index (χ2n) is 8.54. The summed E-state index contributed by atoms with van der Waals surface area (Å²) in [5.41, 5.74) is 3.42. The van der Waals surface area contributed by atoms with Crippen LogP contribution in [0.4, 0.5) is 5.69 Å². The fourth-order valence-electron chi connectivity index (χ4n) is 4.44. The van der Waals surface area contributed by atoms with E-state index in [4.69, 9.17) is 4.74 Å². The first kappa shape index (κ1) is 22.1. The van der Waals surface area contributed by atoms with Crippen molar-refractivity contribution in [1.29, 1.82) is 0 Å². The summed E-state index contributed by atoms with van der Waals surface area (Å²) in [7, 11) is 3.26. The minimum absolute atomic E-state index is 0.109. The quantitative estimate of drug-likeness (QED) is 0.548. The number of rotatable bonds is 6. The van der Waals surface area contributed by atoms with Crippen molar-refractivity contribution in [1.82, 2.24) is 4.90 Å². The van der Waals surface area contributed by atoms with Crippen molar-refractivity contribution >= 4 is 23.5 Å². The van der Waals surface area contributed by atoms with Gasteiger partial charge in [-0.1, -0.05) is 18.2 Å². The number of Topliss-reactive ketones (excluding diaryl/α,β-unsaturated/α-hetero) is 1. The van der Waals surface area contributed by atoms with Gasteiger partial charge in [-0.2, -0.15) is 0 Å². The molecule has 0 radical (unpaired) electrons. The Hall–Kier alpha value is -3.12. The van der Waals surface area contributed by atoms with Crippen LogP contribution < -0.4 is 10.1 Å². The normalized spacial score (nSPS) is 17.8. The molecule has 1 fully saturated rings. The number of fused-ring (bicyclic) bond motifs is 1. The zero-order valence-corrected chi connectivity index (χ0v) is 18.7. The molecule has 2 aromatic rings. The second-order valence-corrected chi connectivity index (χ2v) is 8.54. The highest BCUT2D eigenvalue weighted by Crippen LogP contribution is 2.39. The molecule has 168 valence electrons. The minimum Gasteiger partial charge on any atom is -0.486 e. The molecule has 0 aliphatic carbocycles. The number of carbonyl (C=O) groups is 2. The Morgan fingerprint density at radius 3 is 2.62 bits per heavy atom. The highest BCUT2D eigenvalue weighted by Gasteiger charge is 2.42. The maximum Gasteiger partial charge on any atom is 0.330 e. The Balaban J connectivity index is 1.35. The molecular formula is C26H30N2O4. The smallest absolute Gasteiger partial charge is 0.330 e. The van der Waals surface area contributed by atoms with E-state index in [2.05, 4.69) is 39.2 Å². The number of anilines is 1. The predicted molar refractivity (Wildman–Crippen MR) is 125 cm³/mol. The Morgan fingerprint density at radius 1 is 1.19 bits per heavy atom. The monoisotopic (exact) mass is 434 g/mol. The topological polar surface area (TPSA) is 67.9 Å². The van der Waals surface area contributed by atoms with E-state index in [0.717, 1.165) is 50.1 Å². The molecule has 1 saturated heterocycles. The predicted octanol–water partition coefficient (Wildman–Crippen LogP) is 3.96. The molecule has 2 aliphatic rings. The number of benzene rings is 2. The molecule has 32 heavy (non-hydrogen) atoms. The van der Waals surface area contributed by atoms with Crippen LogP contribution in [0.5, 0.6) is 5.75 Å². The summed E-state index contributed by atoms with van der Waals surface area (Å²) in [6.45, 7) is 2.86. The third kappa shape index (κ3) is 5.02. The van der Waals surface area contributed by atoms with Crippen molar-refractivity contribution in [3.05, 3.63) is 65.2 Å². The standard InChI is InChI=1S/C26H30N2O4/c1-27-21-7-3-19(4-8-21)11-14-28-15-12-26(13-16-28)18-23(29)22-17-20(5-9-24(22)32-26)6-10-25(30)31-2/h3-10,17,27H,11-16,18H2,1-2H3/b10-6+. The maximum absolute atomic E-state index is 12.9. The summed E-state index contributed by atoms with van der Waals surface area (Å²) >= 11 is 0. The first-order chi connectivity index (χ1) is 15.5. The van der Waals surface area contributed by atoms with Crippen LogP contribution >= 0.6 is 0 Å². The fourth-order valence-corrected chi connectivity index (χ4v) is 4.44. The van der Waals surface area contributed by atoms with Gasteiger partial charge in [0.25, 0.3) is 0 Å². The van der Waals surface area contributed by atoms with Crippen LogP contribution in [-0.4, -0.2) is 56.0 Å². The lowest BCUT2D eigenvalue weighted by Crippen LogP contribution is -2.51. The molecule has 2 aromatic carbocycles. The average Bonchev–Trinajstić information content (AvgIpc) is 2.82. The van der Waals surface area contributed by atoms with Crippen molar-refractivity contribution < 1.29 is 19.1 Å². The molecule has 0 aromatic heterocycles. The molecule has 6 heteroatoms. The van der Waals surface area contributed by atoms with E-state index in [9.17, 15) is 9.59 Å². The molecule has 4 rings (SSSR count). The van der Waals surface area contributed by atoms with Crippen molar-refractivity contribution in [3.63, 3.8) is 0 Å². The fraction of sp³-hybridized carbons (Fsp3) is 0.385. The first-order valence-electron chi connectivity index (χ1n) is 11.1. The van der Waals surface area contributed by atoms with Crippen LogP contribution in [0.15, 0.2) is 48.5 Å². The number of methoxy groups -OCH3 is 1. The van der Waals surface area contributed by atoms with E-state index >= 15 is 0 Å². The van der Waals surface area contributed by atoms with Crippen LogP contribution in [0, 0.1) is 0 Å². The molecule has 0 bridgehead atoms. The Kier molecular flexibility index (Phi) is 6.61. The van der Waals surface area contributed by atoms with Crippen LogP contribution in [0.1, 0.15) is 40.7 Å². The average molecular weight is 435 g/mol. The minimum atomic E-state index is -0.425. The van der Waals surface area contributed by atoms with Gasteiger partial charge in [0, 0.05) is 51.3 Å². The van der Waals surface area contributed by atoms with Crippen LogP contribution in [0.25, 0.3) is 6.08 Å². The lowest BCUT2D eigenvalue weighted by atomic mass is 9.82. The van der Waals surface area contributed by atoms with E-state index in [0.29, 0.717) is 17.7 Å². The summed E-state index contributed by atoms with van der Waals surface area (Å²) in [5.74, 6) is 0.332. The van der Waals surface area contributed by atoms with Crippen molar-refractivity contribution in [2.24, 2.45) is 0 Å². The van der Waals surface area contributed by atoms with Crippen LogP contribution in [0.3, 0.4) is 0 Å². The molecule has 6 nitrogen and oxygen atoms in total. The summed E-state index contributed by atoms with van der Waals surface area (Å²) < 4.78 is 11.0. The van der Waals surface area contributed by atoms with Gasteiger partial charge in [0.2, 0.25) is 0 Å². The Morgan fingerprint density at radius 2 is 1.94 bits per heavy atom. The highest BCUT2D eigenvalue weighted by molar-refractivity contribution is 6.01. The number of ketones is 1. The van der Waals surface area contributed by atoms with Gasteiger partial charge in [-0.3, -0.25) is 4.79 Å². The number of piperidine rings is 1. The summed E-state index contributed by atoms with van der Waals surface area (Å²) in [4.78, 5) is 26.7. The molecule has 0 amide bonds. The lowest BCUT2D eigenvalue weighted by molar-refractivity contribution is -0.134. The van der Waals surface area contributed by atoms with Crippen LogP contribution in [-0.2, 0) is 16.0 Å². The van der Waals surface area contributed by atoms with E-state index in [-0.39, 0.29) is 5.78 Å². The highest BCUT2D eigenvalue weighted by atomic mass is 16.5. The summed E-state index contributed by atoms with van der Waals surface area (Å²) in [6, 6.07) is 14.0. The van der Waals surface area contributed by atoms with Gasteiger partial charge in [0.05, 0.1) is 19.1 Å². The zero-order chi connectivity index (χ0) is 22.6. The SMILES string of the molecule is CNc1ccc(CCN2CCC3(CC2)CC(=O)c2cc(/C=C/C(=O)OC)ccc2O3)cc1.